The number of aromatic amines is 1. The number of terminal acetylenes is 1. The highest BCUT2D eigenvalue weighted by molar-refractivity contribution is 5.75. The minimum absolute atomic E-state index is 0.0874. The first-order chi connectivity index (χ1) is 11.7. The second-order valence-corrected chi connectivity index (χ2v) is 6.20. The van der Waals surface area contributed by atoms with Gasteiger partial charge in [0.25, 0.3) is 5.56 Å². The van der Waals surface area contributed by atoms with E-state index >= 15 is 0 Å². The number of rotatable bonds is 5. The third kappa shape index (κ3) is 3.81. The summed E-state index contributed by atoms with van der Waals surface area (Å²) in [7, 11) is 0. The summed E-state index contributed by atoms with van der Waals surface area (Å²) < 4.78 is 25.4. The standard InChI is InChI=1S/C16H20FN3O5/c1-4-16(20-11(17)7-12(21)19-15(20)23)6-5-10(25-16)8-24-14(22)13(18)9(2)3/h1,7,9-10,13H,5-6,8,18H2,2-3H3,(H,19,21,23). The van der Waals surface area contributed by atoms with Crippen molar-refractivity contribution >= 4 is 5.97 Å². The van der Waals surface area contributed by atoms with Crippen molar-refractivity contribution in [2.75, 3.05) is 6.61 Å². The van der Waals surface area contributed by atoms with Crippen molar-refractivity contribution in [2.45, 2.75) is 44.6 Å². The minimum Gasteiger partial charge on any atom is -0.462 e. The monoisotopic (exact) mass is 353 g/mol. The van der Waals surface area contributed by atoms with Crippen LogP contribution >= 0.6 is 0 Å². The molecule has 0 spiro atoms. The Hall–Kier alpha value is -2.44. The lowest BCUT2D eigenvalue weighted by molar-refractivity contribution is -0.153. The topological polar surface area (TPSA) is 116 Å². The molecule has 1 saturated heterocycles. The molecule has 8 nitrogen and oxygen atoms in total. The van der Waals surface area contributed by atoms with Crippen LogP contribution in [0.2, 0.25) is 0 Å². The number of nitrogens with one attached hydrogen (secondary N) is 1. The average molecular weight is 353 g/mol. The highest BCUT2D eigenvalue weighted by Gasteiger charge is 2.43. The maximum atomic E-state index is 14.1. The first kappa shape index (κ1) is 18.9. The fraction of sp³-hybridized carbons (Fsp3) is 0.562. The number of nitrogens with two attached hydrogens (primary N) is 1. The SMILES string of the molecule is C#CC1(n2c(F)cc(=O)[nH]c2=O)CCC(COC(=O)C(N)C(C)C)O1. The van der Waals surface area contributed by atoms with Gasteiger partial charge in [0.05, 0.1) is 12.2 Å². The van der Waals surface area contributed by atoms with Gasteiger partial charge in [-0.3, -0.25) is 14.6 Å². The van der Waals surface area contributed by atoms with E-state index in [-0.39, 0.29) is 18.9 Å². The zero-order valence-corrected chi connectivity index (χ0v) is 14.0. The maximum absolute atomic E-state index is 14.1. The number of hydrogen-bond acceptors (Lipinski definition) is 6. The molecule has 3 unspecified atom stereocenters. The minimum atomic E-state index is -1.69. The Morgan fingerprint density at radius 3 is 2.88 bits per heavy atom. The molecule has 9 heteroatoms. The summed E-state index contributed by atoms with van der Waals surface area (Å²) in [6.07, 6.45) is 5.28. The van der Waals surface area contributed by atoms with Crippen molar-refractivity contribution in [1.29, 1.82) is 0 Å². The van der Waals surface area contributed by atoms with E-state index in [2.05, 4.69) is 5.92 Å². The summed E-state index contributed by atoms with van der Waals surface area (Å²) in [6, 6.07) is -0.156. The summed E-state index contributed by atoms with van der Waals surface area (Å²) in [5.41, 5.74) is 2.11. The predicted octanol–water partition coefficient (Wildman–Crippen LogP) is -0.333. The van der Waals surface area contributed by atoms with Crippen LogP contribution in [0.3, 0.4) is 0 Å². The first-order valence-corrected chi connectivity index (χ1v) is 7.80. The number of H-pyrrole nitrogens is 1. The molecule has 1 aliphatic heterocycles. The Bertz CT molecular complexity index is 809. The first-order valence-electron chi connectivity index (χ1n) is 7.80. The number of halogens is 1. The Balaban J connectivity index is 2.15. The van der Waals surface area contributed by atoms with Crippen LogP contribution in [0.5, 0.6) is 0 Å². The van der Waals surface area contributed by atoms with Crippen molar-refractivity contribution in [3.8, 4) is 12.3 Å². The van der Waals surface area contributed by atoms with Crippen molar-refractivity contribution in [3.63, 3.8) is 0 Å². The third-order valence-corrected chi connectivity index (χ3v) is 4.05. The molecule has 0 saturated carbocycles. The molecule has 1 fully saturated rings. The quantitative estimate of drug-likeness (QED) is 0.425. The summed E-state index contributed by atoms with van der Waals surface area (Å²) in [5.74, 6) is 0.495. The zero-order valence-electron chi connectivity index (χ0n) is 14.0. The van der Waals surface area contributed by atoms with E-state index in [0.717, 1.165) is 0 Å². The van der Waals surface area contributed by atoms with Gasteiger partial charge in [-0.2, -0.15) is 4.39 Å². The normalized spacial score (nSPS) is 24.1. The fourth-order valence-electron chi connectivity index (χ4n) is 2.55. The van der Waals surface area contributed by atoms with E-state index in [1.807, 2.05) is 4.98 Å². The van der Waals surface area contributed by atoms with E-state index < -0.39 is 41.0 Å². The highest BCUT2D eigenvalue weighted by Crippen LogP contribution is 2.34. The number of hydrogen-bond donors (Lipinski definition) is 2. The largest absolute Gasteiger partial charge is 0.462 e. The number of ether oxygens (including phenoxy) is 2. The van der Waals surface area contributed by atoms with Gasteiger partial charge in [0.1, 0.15) is 12.6 Å². The van der Waals surface area contributed by atoms with E-state index in [4.69, 9.17) is 21.6 Å². The average Bonchev–Trinajstić information content (AvgIpc) is 2.95. The second-order valence-electron chi connectivity index (χ2n) is 6.20. The molecule has 3 N–H and O–H groups in total. The van der Waals surface area contributed by atoms with Gasteiger partial charge in [-0.1, -0.05) is 13.8 Å². The molecule has 25 heavy (non-hydrogen) atoms. The molecular weight excluding hydrogens is 333 g/mol. The molecule has 0 amide bonds. The molecule has 1 aliphatic rings. The summed E-state index contributed by atoms with van der Waals surface area (Å²) in [6.45, 7) is 3.45. The smallest absolute Gasteiger partial charge is 0.333 e. The van der Waals surface area contributed by atoms with Crippen molar-refractivity contribution in [2.24, 2.45) is 11.7 Å². The van der Waals surface area contributed by atoms with Crippen LogP contribution in [-0.2, 0) is 20.0 Å². The van der Waals surface area contributed by atoms with Gasteiger partial charge in [-0.15, -0.1) is 6.42 Å². The van der Waals surface area contributed by atoms with Crippen LogP contribution in [0.4, 0.5) is 4.39 Å². The Labute approximate surface area is 143 Å². The highest BCUT2D eigenvalue weighted by atomic mass is 19.1. The van der Waals surface area contributed by atoms with Crippen molar-refractivity contribution < 1.29 is 18.7 Å². The van der Waals surface area contributed by atoms with Gasteiger partial charge < -0.3 is 15.2 Å². The van der Waals surface area contributed by atoms with Gasteiger partial charge >= 0.3 is 11.7 Å². The molecule has 1 aromatic heterocycles. The number of carbonyl (C=O) groups excluding carboxylic acids is 1. The predicted molar refractivity (Wildman–Crippen MR) is 86.0 cm³/mol. The second kappa shape index (κ2) is 7.21. The summed E-state index contributed by atoms with van der Waals surface area (Å²) in [4.78, 5) is 36.8. The Morgan fingerprint density at radius 1 is 1.64 bits per heavy atom. The zero-order chi connectivity index (χ0) is 18.8. The van der Waals surface area contributed by atoms with E-state index in [1.54, 1.807) is 13.8 Å². The maximum Gasteiger partial charge on any atom is 0.333 e. The van der Waals surface area contributed by atoms with Gasteiger partial charge in [0.2, 0.25) is 11.7 Å². The van der Waals surface area contributed by atoms with E-state index in [0.29, 0.717) is 17.1 Å². The van der Waals surface area contributed by atoms with Gasteiger partial charge in [-0.05, 0) is 18.3 Å². The third-order valence-electron chi connectivity index (χ3n) is 4.05. The van der Waals surface area contributed by atoms with Crippen molar-refractivity contribution in [1.82, 2.24) is 9.55 Å². The van der Waals surface area contributed by atoms with Crippen molar-refractivity contribution in [3.05, 3.63) is 32.9 Å². The lowest BCUT2D eigenvalue weighted by atomic mass is 10.1. The molecule has 0 aromatic carbocycles. The molecule has 0 bridgehead atoms. The van der Waals surface area contributed by atoms with E-state index in [1.165, 1.54) is 0 Å². The molecule has 3 atom stereocenters. The summed E-state index contributed by atoms with van der Waals surface area (Å²) in [5, 5.41) is 0. The van der Waals surface area contributed by atoms with Gasteiger partial charge in [0, 0.05) is 6.42 Å². The molecule has 2 heterocycles. The lowest BCUT2D eigenvalue weighted by Crippen LogP contribution is -2.45. The lowest BCUT2D eigenvalue weighted by Gasteiger charge is -2.26. The Kier molecular flexibility index (Phi) is 5.45. The Morgan fingerprint density at radius 2 is 2.32 bits per heavy atom. The molecule has 1 aromatic rings. The molecular formula is C16H20FN3O5. The van der Waals surface area contributed by atoms with Gasteiger partial charge in [-0.25, -0.2) is 9.36 Å². The van der Waals surface area contributed by atoms with Crippen LogP contribution in [0.15, 0.2) is 15.7 Å². The molecule has 0 radical (unpaired) electrons. The number of carbonyl (C=O) groups is 1. The molecule has 0 aliphatic carbocycles. The van der Waals surface area contributed by atoms with Gasteiger partial charge in [0.15, 0.2) is 0 Å². The number of esters is 1. The number of nitrogens with zero attached hydrogens (tertiary/aromatic N) is 1. The summed E-state index contributed by atoms with van der Waals surface area (Å²) >= 11 is 0. The van der Waals surface area contributed by atoms with E-state index in [9.17, 15) is 18.8 Å². The van der Waals surface area contributed by atoms with Crippen LogP contribution in [0.1, 0.15) is 26.7 Å². The number of aromatic nitrogens is 2. The van der Waals surface area contributed by atoms with Crippen LogP contribution in [-0.4, -0.2) is 34.3 Å². The van der Waals surface area contributed by atoms with Crippen LogP contribution < -0.4 is 17.0 Å². The van der Waals surface area contributed by atoms with Crippen LogP contribution in [0, 0.1) is 24.2 Å². The molecule has 136 valence electrons. The fourth-order valence-corrected chi connectivity index (χ4v) is 2.55. The van der Waals surface area contributed by atoms with Crippen LogP contribution in [0.25, 0.3) is 0 Å². The molecule has 2 rings (SSSR count).